The van der Waals surface area contributed by atoms with Crippen molar-refractivity contribution in [2.45, 2.75) is 25.8 Å². The molecule has 1 fully saturated rings. The summed E-state index contributed by atoms with van der Waals surface area (Å²) in [6, 6.07) is 16.1. The van der Waals surface area contributed by atoms with E-state index in [0.717, 1.165) is 36.5 Å². The Morgan fingerprint density at radius 1 is 1.15 bits per heavy atom. The SMILES string of the molecule is Cc1ccccc1[C@H]1CCCN1C(=O)Nc1ccc(-c2nncn2C)cc1. The van der Waals surface area contributed by atoms with E-state index in [9.17, 15) is 4.79 Å². The maximum atomic E-state index is 12.9. The number of hydrogen-bond acceptors (Lipinski definition) is 3. The summed E-state index contributed by atoms with van der Waals surface area (Å²) < 4.78 is 1.87. The van der Waals surface area contributed by atoms with Crippen LogP contribution < -0.4 is 5.32 Å². The molecule has 2 amide bonds. The summed E-state index contributed by atoms with van der Waals surface area (Å²) in [6.07, 6.45) is 3.70. The normalized spacial score (nSPS) is 16.5. The molecule has 1 aromatic heterocycles. The molecule has 2 heterocycles. The molecular formula is C21H23N5O. The Bertz CT molecular complexity index is 947. The Hall–Kier alpha value is -3.15. The van der Waals surface area contributed by atoms with Gasteiger partial charge in [0.15, 0.2) is 5.82 Å². The molecule has 3 aromatic rings. The van der Waals surface area contributed by atoms with Crippen LogP contribution >= 0.6 is 0 Å². The molecule has 0 bridgehead atoms. The highest BCUT2D eigenvalue weighted by molar-refractivity contribution is 5.90. The molecule has 1 saturated heterocycles. The third-order valence-electron chi connectivity index (χ3n) is 5.17. The first-order valence-electron chi connectivity index (χ1n) is 9.21. The van der Waals surface area contributed by atoms with Crippen molar-refractivity contribution in [1.82, 2.24) is 19.7 Å². The maximum absolute atomic E-state index is 12.9. The van der Waals surface area contributed by atoms with E-state index in [1.54, 1.807) is 6.33 Å². The second-order valence-electron chi connectivity index (χ2n) is 6.98. The fourth-order valence-electron chi connectivity index (χ4n) is 3.74. The standard InChI is InChI=1S/C21H23N5O/c1-15-6-3-4-7-18(15)19-8-5-13-26(19)21(27)23-17-11-9-16(10-12-17)20-24-22-14-25(20)2/h3-4,6-7,9-12,14,19H,5,8,13H2,1-2H3,(H,23,27)/t19-/m1/s1. The highest BCUT2D eigenvalue weighted by Crippen LogP contribution is 2.34. The predicted molar refractivity (Wildman–Crippen MR) is 105 cm³/mol. The number of nitrogens with zero attached hydrogens (tertiary/aromatic N) is 4. The number of carbonyl (C=O) groups is 1. The molecule has 1 aliphatic heterocycles. The van der Waals surface area contributed by atoms with E-state index < -0.39 is 0 Å². The van der Waals surface area contributed by atoms with E-state index >= 15 is 0 Å². The number of urea groups is 1. The number of aryl methyl sites for hydroxylation is 2. The minimum absolute atomic E-state index is 0.0489. The molecule has 138 valence electrons. The van der Waals surface area contributed by atoms with E-state index in [1.807, 2.05) is 52.9 Å². The molecule has 1 N–H and O–H groups in total. The number of amides is 2. The summed E-state index contributed by atoms with van der Waals surface area (Å²) >= 11 is 0. The van der Waals surface area contributed by atoms with Gasteiger partial charge in [-0.2, -0.15) is 0 Å². The molecule has 1 aliphatic rings. The van der Waals surface area contributed by atoms with Gasteiger partial charge in [0.05, 0.1) is 6.04 Å². The molecule has 6 heteroatoms. The molecular weight excluding hydrogens is 338 g/mol. The summed E-state index contributed by atoms with van der Waals surface area (Å²) in [6.45, 7) is 2.89. The number of aromatic nitrogens is 3. The molecule has 0 aliphatic carbocycles. The van der Waals surface area contributed by atoms with Crippen LogP contribution in [-0.4, -0.2) is 32.2 Å². The molecule has 0 saturated carbocycles. The number of hydrogen-bond donors (Lipinski definition) is 1. The summed E-state index contributed by atoms with van der Waals surface area (Å²) in [7, 11) is 1.91. The Kier molecular flexibility index (Phi) is 4.62. The van der Waals surface area contributed by atoms with Crippen LogP contribution in [0.2, 0.25) is 0 Å². The third kappa shape index (κ3) is 3.43. The van der Waals surface area contributed by atoms with Gasteiger partial charge < -0.3 is 14.8 Å². The lowest BCUT2D eigenvalue weighted by atomic mass is 9.99. The zero-order valence-corrected chi connectivity index (χ0v) is 15.6. The van der Waals surface area contributed by atoms with Gasteiger partial charge in [0, 0.05) is 24.8 Å². The molecule has 27 heavy (non-hydrogen) atoms. The smallest absolute Gasteiger partial charge is 0.317 e. The van der Waals surface area contributed by atoms with Crippen LogP contribution in [0.15, 0.2) is 54.9 Å². The van der Waals surface area contributed by atoms with E-state index in [4.69, 9.17) is 0 Å². The van der Waals surface area contributed by atoms with Crippen LogP contribution in [0.1, 0.15) is 30.0 Å². The van der Waals surface area contributed by atoms with Crippen molar-refractivity contribution in [3.63, 3.8) is 0 Å². The summed E-state index contributed by atoms with van der Waals surface area (Å²) in [5.41, 5.74) is 4.21. The highest BCUT2D eigenvalue weighted by Gasteiger charge is 2.30. The van der Waals surface area contributed by atoms with Crippen LogP contribution in [0.3, 0.4) is 0 Å². The van der Waals surface area contributed by atoms with Crippen molar-refractivity contribution in [3.8, 4) is 11.4 Å². The fourth-order valence-corrected chi connectivity index (χ4v) is 3.74. The van der Waals surface area contributed by atoms with Crippen LogP contribution in [0, 0.1) is 6.92 Å². The van der Waals surface area contributed by atoms with Crippen molar-refractivity contribution < 1.29 is 4.79 Å². The number of rotatable bonds is 3. The molecule has 6 nitrogen and oxygen atoms in total. The van der Waals surface area contributed by atoms with Crippen molar-refractivity contribution in [2.24, 2.45) is 7.05 Å². The minimum atomic E-state index is -0.0489. The Labute approximate surface area is 158 Å². The van der Waals surface area contributed by atoms with E-state index in [0.29, 0.717) is 0 Å². The average molecular weight is 361 g/mol. The van der Waals surface area contributed by atoms with E-state index in [-0.39, 0.29) is 12.1 Å². The van der Waals surface area contributed by atoms with Crippen LogP contribution in [0.5, 0.6) is 0 Å². The second kappa shape index (κ2) is 7.23. The third-order valence-corrected chi connectivity index (χ3v) is 5.17. The van der Waals surface area contributed by atoms with Gasteiger partial charge in [-0.3, -0.25) is 0 Å². The van der Waals surface area contributed by atoms with Crippen LogP contribution in [-0.2, 0) is 7.05 Å². The van der Waals surface area contributed by atoms with E-state index in [2.05, 4.69) is 34.6 Å². The van der Waals surface area contributed by atoms with Gasteiger partial charge in [0.2, 0.25) is 0 Å². The summed E-state index contributed by atoms with van der Waals surface area (Å²) in [4.78, 5) is 14.8. The second-order valence-corrected chi connectivity index (χ2v) is 6.98. The predicted octanol–water partition coefficient (Wildman–Crippen LogP) is 4.16. The van der Waals surface area contributed by atoms with Crippen LogP contribution in [0.25, 0.3) is 11.4 Å². The summed E-state index contributed by atoms with van der Waals surface area (Å²) in [5.74, 6) is 0.798. The minimum Gasteiger partial charge on any atom is -0.317 e. The number of likely N-dealkylation sites (tertiary alicyclic amines) is 1. The Morgan fingerprint density at radius 2 is 1.93 bits per heavy atom. The first-order chi connectivity index (χ1) is 13.1. The zero-order valence-electron chi connectivity index (χ0n) is 15.6. The van der Waals surface area contributed by atoms with Crippen molar-refractivity contribution in [1.29, 1.82) is 0 Å². The average Bonchev–Trinajstić information content (AvgIpc) is 3.32. The van der Waals surface area contributed by atoms with Crippen molar-refractivity contribution in [2.75, 3.05) is 11.9 Å². The lowest BCUT2D eigenvalue weighted by Gasteiger charge is -2.26. The van der Waals surface area contributed by atoms with Crippen molar-refractivity contribution >= 4 is 11.7 Å². The van der Waals surface area contributed by atoms with Crippen LogP contribution in [0.4, 0.5) is 10.5 Å². The number of benzene rings is 2. The zero-order chi connectivity index (χ0) is 18.8. The lowest BCUT2D eigenvalue weighted by Crippen LogP contribution is -2.34. The monoisotopic (exact) mass is 361 g/mol. The highest BCUT2D eigenvalue weighted by atomic mass is 16.2. The molecule has 2 aromatic carbocycles. The van der Waals surface area contributed by atoms with Gasteiger partial charge in [-0.15, -0.1) is 10.2 Å². The number of carbonyl (C=O) groups excluding carboxylic acids is 1. The molecule has 0 spiro atoms. The maximum Gasteiger partial charge on any atom is 0.322 e. The Balaban J connectivity index is 1.48. The van der Waals surface area contributed by atoms with E-state index in [1.165, 1.54) is 11.1 Å². The first-order valence-corrected chi connectivity index (χ1v) is 9.21. The molecule has 1 atom stereocenters. The van der Waals surface area contributed by atoms with Crippen molar-refractivity contribution in [3.05, 3.63) is 66.0 Å². The Morgan fingerprint density at radius 3 is 2.63 bits per heavy atom. The molecule has 0 radical (unpaired) electrons. The van der Waals surface area contributed by atoms with Gasteiger partial charge >= 0.3 is 6.03 Å². The van der Waals surface area contributed by atoms with Gasteiger partial charge in [0.25, 0.3) is 0 Å². The number of nitrogens with one attached hydrogen (secondary N) is 1. The molecule has 0 unspecified atom stereocenters. The fraction of sp³-hybridized carbons (Fsp3) is 0.286. The number of anilines is 1. The first kappa shape index (κ1) is 17.3. The topological polar surface area (TPSA) is 63.1 Å². The van der Waals surface area contributed by atoms with Gasteiger partial charge in [-0.1, -0.05) is 24.3 Å². The largest absolute Gasteiger partial charge is 0.322 e. The lowest BCUT2D eigenvalue weighted by molar-refractivity contribution is 0.207. The molecule has 4 rings (SSSR count). The van der Waals surface area contributed by atoms with Gasteiger partial charge in [-0.25, -0.2) is 4.79 Å². The van der Waals surface area contributed by atoms with Gasteiger partial charge in [-0.05, 0) is 55.2 Å². The quantitative estimate of drug-likeness (QED) is 0.762. The summed E-state index contributed by atoms with van der Waals surface area (Å²) in [5, 5.41) is 11.0. The van der Waals surface area contributed by atoms with Gasteiger partial charge in [0.1, 0.15) is 6.33 Å².